The molecule has 0 aliphatic carbocycles. The van der Waals surface area contributed by atoms with Crippen molar-refractivity contribution in [1.29, 1.82) is 0 Å². The summed E-state index contributed by atoms with van der Waals surface area (Å²) in [7, 11) is 0. The molecular formula is C14H11N3O2S2. The highest BCUT2D eigenvalue weighted by molar-refractivity contribution is 8.00. The monoisotopic (exact) mass is 317 g/mol. The Morgan fingerprint density at radius 3 is 3.00 bits per heavy atom. The molecule has 0 aliphatic rings. The summed E-state index contributed by atoms with van der Waals surface area (Å²) in [6, 6.07) is 5.71. The third kappa shape index (κ3) is 3.03. The van der Waals surface area contributed by atoms with E-state index in [0.717, 1.165) is 20.7 Å². The van der Waals surface area contributed by atoms with Crippen molar-refractivity contribution in [3.8, 4) is 11.4 Å². The molecule has 3 heterocycles. The Hall–Kier alpha value is -1.99. The topological polar surface area (TPSA) is 76.0 Å². The molecular weight excluding hydrogens is 306 g/mol. The molecule has 5 nitrogen and oxygen atoms in total. The number of rotatable bonds is 4. The second-order valence-corrected chi connectivity index (χ2v) is 6.55. The van der Waals surface area contributed by atoms with Gasteiger partial charge in [0.25, 0.3) is 0 Å². The van der Waals surface area contributed by atoms with Crippen LogP contribution in [0, 0.1) is 6.92 Å². The fourth-order valence-electron chi connectivity index (χ4n) is 1.88. The summed E-state index contributed by atoms with van der Waals surface area (Å²) in [6.45, 7) is 2.00. The summed E-state index contributed by atoms with van der Waals surface area (Å²) in [5.74, 6) is -0.306. The Bertz CT molecular complexity index is 803. The van der Waals surface area contributed by atoms with E-state index in [9.17, 15) is 4.79 Å². The van der Waals surface area contributed by atoms with E-state index in [1.165, 1.54) is 11.8 Å². The van der Waals surface area contributed by atoms with Crippen molar-refractivity contribution in [2.24, 2.45) is 0 Å². The fraction of sp³-hybridized carbons (Fsp3) is 0.143. The Kier molecular flexibility index (Phi) is 3.85. The van der Waals surface area contributed by atoms with Crippen LogP contribution in [0.5, 0.6) is 0 Å². The lowest BCUT2D eigenvalue weighted by Crippen LogP contribution is -1.99. The summed E-state index contributed by atoms with van der Waals surface area (Å²) in [5, 5.41) is 10.5. The maximum absolute atomic E-state index is 10.8. The quantitative estimate of drug-likeness (QED) is 0.588. The number of carboxylic acids is 1. The van der Waals surface area contributed by atoms with E-state index in [0.29, 0.717) is 10.9 Å². The average Bonchev–Trinajstić information content (AvgIpc) is 2.85. The van der Waals surface area contributed by atoms with Gasteiger partial charge in [0, 0.05) is 28.2 Å². The van der Waals surface area contributed by atoms with E-state index in [1.54, 1.807) is 23.7 Å². The molecule has 0 radical (unpaired) electrons. The number of carboxylic acid groups (broad SMARTS) is 1. The van der Waals surface area contributed by atoms with Crippen molar-refractivity contribution >= 4 is 39.3 Å². The lowest BCUT2D eigenvalue weighted by atomic mass is 10.2. The number of aryl methyl sites for hydroxylation is 1. The zero-order chi connectivity index (χ0) is 14.8. The molecule has 106 valence electrons. The van der Waals surface area contributed by atoms with Gasteiger partial charge in [0.1, 0.15) is 9.86 Å². The molecule has 0 amide bonds. The van der Waals surface area contributed by atoms with Gasteiger partial charge in [-0.1, -0.05) is 11.8 Å². The number of fused-ring (bicyclic) bond motifs is 1. The van der Waals surface area contributed by atoms with Crippen LogP contribution in [0.25, 0.3) is 21.6 Å². The van der Waals surface area contributed by atoms with Gasteiger partial charge in [-0.05, 0) is 25.1 Å². The molecule has 0 atom stereocenters. The molecule has 0 saturated carbocycles. The van der Waals surface area contributed by atoms with E-state index in [2.05, 4.69) is 15.0 Å². The van der Waals surface area contributed by atoms with Gasteiger partial charge in [-0.2, -0.15) is 0 Å². The van der Waals surface area contributed by atoms with Gasteiger partial charge >= 0.3 is 5.97 Å². The molecule has 0 spiro atoms. The van der Waals surface area contributed by atoms with E-state index in [4.69, 9.17) is 5.11 Å². The first-order valence-electron chi connectivity index (χ1n) is 6.16. The number of hydrogen-bond acceptors (Lipinski definition) is 6. The standard InChI is InChI=1S/C14H11N3O2S2/c1-8-5-10-13(20-7-11(18)19)16-12(17-14(10)21-8)9-3-2-4-15-6-9/h2-6H,7H2,1H3,(H,18,19). The van der Waals surface area contributed by atoms with Crippen molar-refractivity contribution in [3.05, 3.63) is 35.5 Å². The summed E-state index contributed by atoms with van der Waals surface area (Å²) in [6.07, 6.45) is 3.39. The number of aromatic nitrogens is 3. The first-order valence-corrected chi connectivity index (χ1v) is 7.97. The number of thioether (sulfide) groups is 1. The zero-order valence-electron chi connectivity index (χ0n) is 11.1. The number of pyridine rings is 1. The highest BCUT2D eigenvalue weighted by Crippen LogP contribution is 2.33. The first kappa shape index (κ1) is 14.0. The minimum Gasteiger partial charge on any atom is -0.481 e. The van der Waals surface area contributed by atoms with E-state index in [1.807, 2.05) is 25.1 Å². The van der Waals surface area contributed by atoms with Crippen molar-refractivity contribution in [2.75, 3.05) is 5.75 Å². The van der Waals surface area contributed by atoms with E-state index in [-0.39, 0.29) is 5.75 Å². The van der Waals surface area contributed by atoms with Gasteiger partial charge in [-0.25, -0.2) is 9.97 Å². The molecule has 0 aliphatic heterocycles. The van der Waals surface area contributed by atoms with Crippen LogP contribution >= 0.6 is 23.1 Å². The molecule has 0 bridgehead atoms. The SMILES string of the molecule is Cc1cc2c(SCC(=O)O)nc(-c3cccnc3)nc2s1. The maximum atomic E-state index is 10.8. The van der Waals surface area contributed by atoms with Crippen LogP contribution in [0.4, 0.5) is 0 Å². The molecule has 0 unspecified atom stereocenters. The van der Waals surface area contributed by atoms with Crippen molar-refractivity contribution in [3.63, 3.8) is 0 Å². The normalized spacial score (nSPS) is 10.9. The average molecular weight is 317 g/mol. The third-order valence-electron chi connectivity index (χ3n) is 2.73. The van der Waals surface area contributed by atoms with Crippen LogP contribution in [0.3, 0.4) is 0 Å². The molecule has 0 saturated heterocycles. The van der Waals surface area contributed by atoms with Crippen LogP contribution in [0.15, 0.2) is 35.6 Å². The second-order valence-electron chi connectivity index (χ2n) is 4.35. The van der Waals surface area contributed by atoms with Crippen molar-refractivity contribution in [1.82, 2.24) is 15.0 Å². The predicted octanol–water partition coefficient (Wildman–Crippen LogP) is 3.24. The van der Waals surface area contributed by atoms with Gasteiger partial charge in [0.2, 0.25) is 0 Å². The zero-order valence-corrected chi connectivity index (χ0v) is 12.7. The first-order chi connectivity index (χ1) is 10.1. The van der Waals surface area contributed by atoms with Gasteiger partial charge in [-0.3, -0.25) is 9.78 Å². The molecule has 3 aromatic heterocycles. The molecule has 3 rings (SSSR count). The van der Waals surface area contributed by atoms with Crippen LogP contribution in [0.2, 0.25) is 0 Å². The van der Waals surface area contributed by atoms with Gasteiger partial charge in [0.05, 0.1) is 5.75 Å². The minimum absolute atomic E-state index is 0.0203. The molecule has 21 heavy (non-hydrogen) atoms. The predicted molar refractivity (Wildman–Crippen MR) is 83.7 cm³/mol. The lowest BCUT2D eigenvalue weighted by molar-refractivity contribution is -0.133. The fourth-order valence-corrected chi connectivity index (χ4v) is 3.55. The van der Waals surface area contributed by atoms with E-state index < -0.39 is 5.97 Å². The van der Waals surface area contributed by atoms with Crippen molar-refractivity contribution < 1.29 is 9.90 Å². The molecule has 0 aromatic carbocycles. The minimum atomic E-state index is -0.860. The van der Waals surface area contributed by atoms with E-state index >= 15 is 0 Å². The maximum Gasteiger partial charge on any atom is 0.313 e. The Morgan fingerprint density at radius 1 is 1.43 bits per heavy atom. The largest absolute Gasteiger partial charge is 0.481 e. The highest BCUT2D eigenvalue weighted by Gasteiger charge is 2.13. The number of aliphatic carboxylic acids is 1. The van der Waals surface area contributed by atoms with Gasteiger partial charge in [-0.15, -0.1) is 11.3 Å². The summed E-state index contributed by atoms with van der Waals surface area (Å²) >= 11 is 2.79. The lowest BCUT2D eigenvalue weighted by Gasteiger charge is -2.04. The number of thiophene rings is 1. The van der Waals surface area contributed by atoms with Gasteiger partial charge < -0.3 is 5.11 Å². The molecule has 7 heteroatoms. The number of carbonyl (C=O) groups is 1. The second kappa shape index (κ2) is 5.79. The van der Waals surface area contributed by atoms with Crippen LogP contribution in [-0.4, -0.2) is 31.8 Å². The molecule has 3 aromatic rings. The summed E-state index contributed by atoms with van der Waals surface area (Å²) in [5.41, 5.74) is 0.822. The highest BCUT2D eigenvalue weighted by atomic mass is 32.2. The van der Waals surface area contributed by atoms with Gasteiger partial charge in [0.15, 0.2) is 5.82 Å². The van der Waals surface area contributed by atoms with Crippen LogP contribution in [-0.2, 0) is 4.79 Å². The van der Waals surface area contributed by atoms with Crippen LogP contribution < -0.4 is 0 Å². The smallest absolute Gasteiger partial charge is 0.313 e. The number of hydrogen-bond donors (Lipinski definition) is 1. The third-order valence-corrected chi connectivity index (χ3v) is 4.65. The van der Waals surface area contributed by atoms with Crippen molar-refractivity contribution in [2.45, 2.75) is 11.9 Å². The van der Waals surface area contributed by atoms with Crippen LogP contribution in [0.1, 0.15) is 4.88 Å². The Balaban J connectivity index is 2.12. The number of nitrogens with zero attached hydrogens (tertiary/aromatic N) is 3. The molecule has 1 N–H and O–H groups in total. The molecule has 0 fully saturated rings. The Labute approximate surface area is 129 Å². The summed E-state index contributed by atoms with van der Waals surface area (Å²) < 4.78 is 0. The summed E-state index contributed by atoms with van der Waals surface area (Å²) in [4.78, 5) is 25.9. The Morgan fingerprint density at radius 2 is 2.29 bits per heavy atom.